The highest BCUT2D eigenvalue weighted by Gasteiger charge is 2.36. The molecule has 29 heavy (non-hydrogen) atoms. The predicted octanol–water partition coefficient (Wildman–Crippen LogP) is 2.99. The zero-order valence-corrected chi connectivity index (χ0v) is 16.3. The third-order valence-electron chi connectivity index (χ3n) is 6.12. The van der Waals surface area contributed by atoms with Crippen LogP contribution in [0.3, 0.4) is 0 Å². The number of hydrogen-bond acceptors (Lipinski definition) is 4. The van der Waals surface area contributed by atoms with Crippen LogP contribution in [-0.2, 0) is 17.8 Å². The lowest BCUT2D eigenvalue weighted by atomic mass is 9.75. The Bertz CT molecular complexity index is 1040. The first kappa shape index (κ1) is 18.2. The van der Waals surface area contributed by atoms with Crippen molar-refractivity contribution in [3.63, 3.8) is 0 Å². The lowest BCUT2D eigenvalue weighted by molar-refractivity contribution is -0.123. The van der Waals surface area contributed by atoms with E-state index in [1.807, 2.05) is 41.0 Å². The molecular weight excluding hydrogens is 366 g/mol. The number of hydrogen-bond donors (Lipinski definition) is 2. The molecule has 1 amide bonds. The normalized spacial score (nSPS) is 21.3. The van der Waals surface area contributed by atoms with Gasteiger partial charge in [-0.05, 0) is 54.2 Å². The summed E-state index contributed by atoms with van der Waals surface area (Å²) in [7, 11) is 0. The molecule has 1 atom stereocenters. The molecule has 2 N–H and O–H groups in total. The van der Waals surface area contributed by atoms with E-state index in [9.17, 15) is 9.90 Å². The summed E-state index contributed by atoms with van der Waals surface area (Å²) < 4.78 is 7.63. The molecule has 0 saturated heterocycles. The van der Waals surface area contributed by atoms with Crippen LogP contribution >= 0.6 is 0 Å². The maximum absolute atomic E-state index is 12.8. The van der Waals surface area contributed by atoms with E-state index in [1.54, 1.807) is 6.33 Å². The Morgan fingerprint density at radius 1 is 1.28 bits per heavy atom. The van der Waals surface area contributed by atoms with Gasteiger partial charge in [-0.25, -0.2) is 4.98 Å². The van der Waals surface area contributed by atoms with E-state index >= 15 is 0 Å². The van der Waals surface area contributed by atoms with Gasteiger partial charge in [-0.2, -0.15) is 0 Å². The van der Waals surface area contributed by atoms with E-state index in [0.29, 0.717) is 13.0 Å². The van der Waals surface area contributed by atoms with Crippen LogP contribution in [0.1, 0.15) is 36.4 Å². The molecular formula is C23H25N3O3. The Hall–Kier alpha value is -2.86. The molecule has 0 unspecified atom stereocenters. The molecule has 1 aliphatic carbocycles. The first-order valence-electron chi connectivity index (χ1n) is 10.3. The summed E-state index contributed by atoms with van der Waals surface area (Å²) in [4.78, 5) is 17.2. The number of fused-ring (bicyclic) bond motifs is 2. The van der Waals surface area contributed by atoms with Gasteiger partial charge in [-0.15, -0.1) is 0 Å². The number of nitrogens with zero attached hydrogens (tertiary/aromatic N) is 2. The zero-order chi connectivity index (χ0) is 19.8. The highest BCUT2D eigenvalue weighted by Crippen LogP contribution is 2.39. The minimum absolute atomic E-state index is 0.0194. The second kappa shape index (κ2) is 7.52. The first-order chi connectivity index (χ1) is 14.2. The van der Waals surface area contributed by atoms with Gasteiger partial charge in [0.1, 0.15) is 5.75 Å². The summed E-state index contributed by atoms with van der Waals surface area (Å²) in [6, 6.07) is 14.1. The number of aryl methyl sites for hydroxylation is 1. The van der Waals surface area contributed by atoms with Gasteiger partial charge in [0.15, 0.2) is 0 Å². The molecule has 1 aliphatic heterocycles. The number of aromatic nitrogens is 2. The summed E-state index contributed by atoms with van der Waals surface area (Å²) in [5.74, 6) is 1.23. The van der Waals surface area contributed by atoms with Gasteiger partial charge in [-0.3, -0.25) is 4.79 Å². The van der Waals surface area contributed by atoms with Crippen molar-refractivity contribution >= 4 is 16.9 Å². The highest BCUT2D eigenvalue weighted by molar-refractivity contribution is 5.78. The fourth-order valence-electron chi connectivity index (χ4n) is 4.43. The van der Waals surface area contributed by atoms with Crippen LogP contribution in [-0.4, -0.2) is 33.3 Å². The molecule has 2 heterocycles. The second-order valence-electron chi connectivity index (χ2n) is 8.07. The Morgan fingerprint density at radius 2 is 2.14 bits per heavy atom. The maximum Gasteiger partial charge on any atom is 0.222 e. The zero-order valence-electron chi connectivity index (χ0n) is 16.3. The minimum Gasteiger partial charge on any atom is -0.493 e. The summed E-state index contributed by atoms with van der Waals surface area (Å²) in [6.45, 7) is 1.31. The largest absolute Gasteiger partial charge is 0.493 e. The van der Waals surface area contributed by atoms with Gasteiger partial charge in [0.05, 0.1) is 36.1 Å². The molecule has 0 spiro atoms. The lowest BCUT2D eigenvalue weighted by Crippen LogP contribution is -2.41. The van der Waals surface area contributed by atoms with Crippen LogP contribution < -0.4 is 10.1 Å². The van der Waals surface area contributed by atoms with Gasteiger partial charge < -0.3 is 19.7 Å². The Morgan fingerprint density at radius 3 is 3.00 bits per heavy atom. The molecule has 0 bridgehead atoms. The Balaban J connectivity index is 1.29. The van der Waals surface area contributed by atoms with Crippen molar-refractivity contribution in [3.05, 3.63) is 59.9 Å². The average Bonchev–Trinajstić information content (AvgIpc) is 3.34. The standard InChI is InChI=1S/C23H25N3O3/c27-18-12-17(13-18)23(16-5-6-21-15(11-16)8-10-29-21)25-22(28)7-9-26-14-24-19-3-1-2-4-20(19)26/h1-6,11,14,17-18,23,27H,7-10,12-13H2,(H,25,28)/t17?,18?,23-/m1/s1. The van der Waals surface area contributed by atoms with E-state index < -0.39 is 0 Å². The molecule has 5 rings (SSSR count). The number of rotatable bonds is 6. The molecule has 1 aromatic heterocycles. The molecule has 3 aromatic rings. The highest BCUT2D eigenvalue weighted by atomic mass is 16.5. The molecule has 1 fully saturated rings. The van der Waals surface area contributed by atoms with E-state index in [-0.39, 0.29) is 24.0 Å². The Labute approximate surface area is 169 Å². The molecule has 6 heteroatoms. The number of ether oxygens (including phenoxy) is 1. The van der Waals surface area contributed by atoms with Crippen molar-refractivity contribution < 1.29 is 14.6 Å². The van der Waals surface area contributed by atoms with Crippen molar-refractivity contribution in [2.24, 2.45) is 5.92 Å². The SMILES string of the molecule is O=C(CCn1cnc2ccccc21)N[C@H](c1ccc2c(c1)CCO2)C1CC(O)C1. The number of benzene rings is 2. The number of para-hydroxylation sites is 2. The van der Waals surface area contributed by atoms with Crippen LogP contribution in [0.4, 0.5) is 0 Å². The smallest absolute Gasteiger partial charge is 0.222 e. The second-order valence-corrected chi connectivity index (χ2v) is 8.07. The van der Waals surface area contributed by atoms with Gasteiger partial charge in [0.2, 0.25) is 5.91 Å². The van der Waals surface area contributed by atoms with Crippen LogP contribution in [0.25, 0.3) is 11.0 Å². The third kappa shape index (κ3) is 3.60. The number of aliphatic hydroxyl groups is 1. The van der Waals surface area contributed by atoms with E-state index in [0.717, 1.165) is 48.2 Å². The third-order valence-corrected chi connectivity index (χ3v) is 6.12. The van der Waals surface area contributed by atoms with Gasteiger partial charge >= 0.3 is 0 Å². The number of imidazole rings is 1. The summed E-state index contributed by atoms with van der Waals surface area (Å²) in [5.41, 5.74) is 4.28. The first-order valence-corrected chi connectivity index (χ1v) is 10.3. The molecule has 2 aliphatic rings. The average molecular weight is 391 g/mol. The van der Waals surface area contributed by atoms with Crippen molar-refractivity contribution in [1.29, 1.82) is 0 Å². The summed E-state index contributed by atoms with van der Waals surface area (Å²) >= 11 is 0. The number of carbonyl (C=O) groups excluding carboxylic acids is 1. The van der Waals surface area contributed by atoms with E-state index in [2.05, 4.69) is 16.4 Å². The monoisotopic (exact) mass is 391 g/mol. The number of amides is 1. The fraction of sp³-hybridized carbons (Fsp3) is 0.391. The van der Waals surface area contributed by atoms with E-state index in [4.69, 9.17) is 4.74 Å². The molecule has 6 nitrogen and oxygen atoms in total. The summed E-state index contributed by atoms with van der Waals surface area (Å²) in [5, 5.41) is 13.0. The van der Waals surface area contributed by atoms with E-state index in [1.165, 1.54) is 5.56 Å². The lowest BCUT2D eigenvalue weighted by Gasteiger charge is -2.38. The minimum atomic E-state index is -0.255. The molecule has 2 aromatic carbocycles. The number of carbonyl (C=O) groups is 1. The molecule has 1 saturated carbocycles. The van der Waals surface area contributed by atoms with Gasteiger partial charge in [0.25, 0.3) is 0 Å². The van der Waals surface area contributed by atoms with Crippen molar-refractivity contribution in [1.82, 2.24) is 14.9 Å². The number of nitrogens with one attached hydrogen (secondary N) is 1. The number of aliphatic hydroxyl groups excluding tert-OH is 1. The van der Waals surface area contributed by atoms with Crippen molar-refractivity contribution in [2.45, 2.75) is 44.4 Å². The van der Waals surface area contributed by atoms with Crippen LogP contribution in [0.5, 0.6) is 5.75 Å². The van der Waals surface area contributed by atoms with Crippen LogP contribution in [0.2, 0.25) is 0 Å². The maximum atomic E-state index is 12.8. The molecule has 150 valence electrons. The van der Waals surface area contributed by atoms with Crippen molar-refractivity contribution in [3.8, 4) is 5.75 Å². The van der Waals surface area contributed by atoms with Gasteiger partial charge in [-0.1, -0.05) is 18.2 Å². The topological polar surface area (TPSA) is 76.4 Å². The Kier molecular flexibility index (Phi) is 4.72. The predicted molar refractivity (Wildman–Crippen MR) is 110 cm³/mol. The quantitative estimate of drug-likeness (QED) is 0.677. The molecule has 0 radical (unpaired) electrons. The fourth-order valence-corrected chi connectivity index (χ4v) is 4.43. The van der Waals surface area contributed by atoms with Gasteiger partial charge in [0, 0.05) is 19.4 Å². The van der Waals surface area contributed by atoms with Crippen LogP contribution in [0.15, 0.2) is 48.8 Å². The summed E-state index contributed by atoms with van der Waals surface area (Å²) in [6.07, 6.45) is 4.29. The van der Waals surface area contributed by atoms with Crippen molar-refractivity contribution in [2.75, 3.05) is 6.61 Å². The van der Waals surface area contributed by atoms with Crippen LogP contribution in [0, 0.1) is 5.92 Å².